The Labute approximate surface area is 206 Å². The highest BCUT2D eigenvalue weighted by Gasteiger charge is 2.32. The van der Waals surface area contributed by atoms with Crippen LogP contribution in [-0.2, 0) is 9.53 Å². The average Bonchev–Trinajstić information content (AvgIpc) is 3.33. The smallest absolute Gasteiger partial charge is 0.328 e. The van der Waals surface area contributed by atoms with Crippen molar-refractivity contribution in [2.45, 2.75) is 0 Å². The summed E-state index contributed by atoms with van der Waals surface area (Å²) in [5.41, 5.74) is 0.625. The van der Waals surface area contributed by atoms with Crippen molar-refractivity contribution in [2.24, 2.45) is 0 Å². The third kappa shape index (κ3) is 4.35. The van der Waals surface area contributed by atoms with Gasteiger partial charge in [-0.3, -0.25) is 19.0 Å². The van der Waals surface area contributed by atoms with E-state index in [0.29, 0.717) is 31.9 Å². The Kier molecular flexibility index (Phi) is 6.51. The molecule has 10 heteroatoms. The highest BCUT2D eigenvalue weighted by Crippen LogP contribution is 2.26. The van der Waals surface area contributed by atoms with Crippen molar-refractivity contribution >= 4 is 34.5 Å². The van der Waals surface area contributed by atoms with Crippen LogP contribution in [0.1, 0.15) is 20.7 Å². The first-order valence-electron chi connectivity index (χ1n) is 11.8. The minimum absolute atomic E-state index is 0.0599. The molecule has 0 N–H and O–H groups in total. The number of nitrogens with zero attached hydrogens (tertiary/aromatic N) is 4. The second-order valence-corrected chi connectivity index (χ2v) is 8.71. The number of piperazine rings is 1. The molecule has 9 nitrogen and oxygen atoms in total. The van der Waals surface area contributed by atoms with Gasteiger partial charge in [-0.2, -0.15) is 0 Å². The fourth-order valence-corrected chi connectivity index (χ4v) is 4.62. The summed E-state index contributed by atoms with van der Waals surface area (Å²) in [5, 5.41) is -0.0599. The number of benzene rings is 2. The summed E-state index contributed by atoms with van der Waals surface area (Å²) < 4.78 is 21.4. The molecule has 2 saturated heterocycles. The molecular formula is C26H25FN4O5. The third-order valence-corrected chi connectivity index (χ3v) is 6.58. The van der Waals surface area contributed by atoms with E-state index >= 15 is 0 Å². The van der Waals surface area contributed by atoms with E-state index in [-0.39, 0.29) is 48.6 Å². The third-order valence-electron chi connectivity index (χ3n) is 6.58. The van der Waals surface area contributed by atoms with Gasteiger partial charge in [0.1, 0.15) is 5.82 Å². The van der Waals surface area contributed by atoms with Crippen LogP contribution in [0.2, 0.25) is 0 Å². The fourth-order valence-electron chi connectivity index (χ4n) is 4.62. The largest absolute Gasteiger partial charge is 0.378 e. The molecule has 186 valence electrons. The predicted octanol–water partition coefficient (Wildman–Crippen LogP) is 2.25. The van der Waals surface area contributed by atoms with Gasteiger partial charge in [-0.05, 0) is 24.3 Å². The second-order valence-electron chi connectivity index (χ2n) is 8.71. The number of aromatic nitrogens is 1. The van der Waals surface area contributed by atoms with Gasteiger partial charge in [-0.15, -0.1) is 0 Å². The summed E-state index contributed by atoms with van der Waals surface area (Å²) >= 11 is 0. The van der Waals surface area contributed by atoms with E-state index in [1.807, 2.05) is 6.07 Å². The normalized spacial score (nSPS) is 16.3. The molecule has 36 heavy (non-hydrogen) atoms. The van der Waals surface area contributed by atoms with Crippen molar-refractivity contribution < 1.29 is 28.3 Å². The molecule has 0 radical (unpaired) electrons. The monoisotopic (exact) mass is 492 g/mol. The van der Waals surface area contributed by atoms with Gasteiger partial charge in [0.05, 0.1) is 24.3 Å². The first-order valence-corrected chi connectivity index (χ1v) is 11.8. The van der Waals surface area contributed by atoms with Gasteiger partial charge in [-0.25, -0.2) is 9.18 Å². The number of hydrogen-bond donors (Lipinski definition) is 0. The zero-order chi connectivity index (χ0) is 25.2. The lowest BCUT2D eigenvalue weighted by Crippen LogP contribution is -2.52. The highest BCUT2D eigenvalue weighted by molar-refractivity contribution is 6.45. The van der Waals surface area contributed by atoms with Gasteiger partial charge in [0, 0.05) is 56.4 Å². The lowest BCUT2D eigenvalue weighted by atomic mass is 10.1. The van der Waals surface area contributed by atoms with E-state index in [4.69, 9.17) is 4.74 Å². The number of Topliss-reactive ketones (excluding diaryl/α,β-unsaturated/α-hetero) is 1. The topological polar surface area (TPSA) is 92.2 Å². The zero-order valence-electron chi connectivity index (χ0n) is 19.6. The van der Waals surface area contributed by atoms with Crippen molar-refractivity contribution in [1.82, 2.24) is 19.3 Å². The van der Waals surface area contributed by atoms with E-state index in [9.17, 15) is 23.6 Å². The van der Waals surface area contributed by atoms with Crippen LogP contribution in [0.4, 0.5) is 9.18 Å². The maximum absolute atomic E-state index is 14.9. The molecule has 0 atom stereocenters. The van der Waals surface area contributed by atoms with Gasteiger partial charge >= 0.3 is 6.03 Å². The molecule has 3 heterocycles. The quantitative estimate of drug-likeness (QED) is 0.413. The Morgan fingerprint density at radius 2 is 1.42 bits per heavy atom. The zero-order valence-corrected chi connectivity index (χ0v) is 19.6. The van der Waals surface area contributed by atoms with Gasteiger partial charge in [0.2, 0.25) is 0 Å². The van der Waals surface area contributed by atoms with Gasteiger partial charge in [-0.1, -0.05) is 24.3 Å². The predicted molar refractivity (Wildman–Crippen MR) is 128 cm³/mol. The molecule has 3 aromatic rings. The van der Waals surface area contributed by atoms with Crippen molar-refractivity contribution in [2.75, 3.05) is 52.5 Å². The van der Waals surface area contributed by atoms with Crippen LogP contribution in [0, 0.1) is 5.82 Å². The molecule has 2 aliphatic rings. The summed E-state index contributed by atoms with van der Waals surface area (Å²) in [6, 6.07) is 12.6. The molecule has 0 unspecified atom stereocenters. The summed E-state index contributed by atoms with van der Waals surface area (Å²) in [6.45, 7) is 2.44. The molecule has 3 amide bonds. The fraction of sp³-hybridized carbons (Fsp3) is 0.308. The van der Waals surface area contributed by atoms with Crippen LogP contribution >= 0.6 is 0 Å². The van der Waals surface area contributed by atoms with Crippen molar-refractivity contribution in [3.8, 4) is 0 Å². The standard InChI is InChI=1S/C26H25FN4O5/c27-20-7-4-8-21-22(20)19(17-31(21)26(35)30-13-15-36-16-14-30)23(32)25(34)29-11-9-28(10-12-29)24(33)18-5-2-1-3-6-18/h1-8,17H,9-16H2. The van der Waals surface area contributed by atoms with Crippen molar-refractivity contribution in [3.63, 3.8) is 0 Å². The number of morpholine rings is 1. The molecule has 0 bridgehead atoms. The van der Waals surface area contributed by atoms with E-state index in [2.05, 4.69) is 0 Å². The average molecular weight is 493 g/mol. The first kappa shape index (κ1) is 23.7. The van der Waals surface area contributed by atoms with Crippen LogP contribution < -0.4 is 0 Å². The second kappa shape index (κ2) is 9.90. The number of rotatable bonds is 3. The van der Waals surface area contributed by atoms with Gasteiger partial charge in [0.15, 0.2) is 0 Å². The number of fused-ring (bicyclic) bond motifs is 1. The van der Waals surface area contributed by atoms with E-state index in [1.165, 1.54) is 27.8 Å². The van der Waals surface area contributed by atoms with Crippen molar-refractivity contribution in [1.29, 1.82) is 0 Å². The molecule has 5 rings (SSSR count). The van der Waals surface area contributed by atoms with Crippen LogP contribution in [0.5, 0.6) is 0 Å². The van der Waals surface area contributed by atoms with E-state index in [1.54, 1.807) is 40.1 Å². The summed E-state index contributed by atoms with van der Waals surface area (Å²) in [5.74, 6) is -2.50. The number of hydrogen-bond acceptors (Lipinski definition) is 5. The van der Waals surface area contributed by atoms with E-state index in [0.717, 1.165) is 0 Å². The minimum Gasteiger partial charge on any atom is -0.378 e. The minimum atomic E-state index is -0.888. The van der Waals surface area contributed by atoms with Crippen LogP contribution in [0.3, 0.4) is 0 Å². The van der Waals surface area contributed by atoms with Gasteiger partial charge in [0.25, 0.3) is 17.6 Å². The SMILES string of the molecule is O=C(C(=O)N1CCN(C(=O)c2ccccc2)CC1)c1cn(C(=O)N2CCOCC2)c2cccc(F)c12. The maximum atomic E-state index is 14.9. The molecule has 0 spiro atoms. The Bertz CT molecular complexity index is 1320. The molecule has 0 aliphatic carbocycles. The number of amides is 3. The highest BCUT2D eigenvalue weighted by atomic mass is 19.1. The number of ketones is 1. The Morgan fingerprint density at radius 1 is 0.750 bits per heavy atom. The lowest BCUT2D eigenvalue weighted by molar-refractivity contribution is -0.127. The number of ether oxygens (including phenoxy) is 1. The Morgan fingerprint density at radius 3 is 2.11 bits per heavy atom. The lowest BCUT2D eigenvalue weighted by Gasteiger charge is -2.34. The molecule has 2 fully saturated rings. The summed E-state index contributed by atoms with van der Waals surface area (Å²) in [4.78, 5) is 56.7. The summed E-state index contributed by atoms with van der Waals surface area (Å²) in [6.07, 6.45) is 1.25. The Hall–Kier alpha value is -4.05. The number of halogens is 1. The molecular weight excluding hydrogens is 467 g/mol. The maximum Gasteiger partial charge on any atom is 0.328 e. The number of carbonyl (C=O) groups excluding carboxylic acids is 4. The molecule has 0 saturated carbocycles. The molecule has 2 aromatic carbocycles. The van der Waals surface area contributed by atoms with Crippen LogP contribution in [-0.4, -0.2) is 95.4 Å². The van der Waals surface area contributed by atoms with Crippen molar-refractivity contribution in [3.05, 3.63) is 71.7 Å². The molecule has 2 aliphatic heterocycles. The summed E-state index contributed by atoms with van der Waals surface area (Å²) in [7, 11) is 0. The number of carbonyl (C=O) groups is 4. The molecule has 1 aromatic heterocycles. The Balaban J connectivity index is 1.35. The first-order chi connectivity index (χ1) is 17.5. The van der Waals surface area contributed by atoms with Crippen LogP contribution in [0.15, 0.2) is 54.7 Å². The van der Waals surface area contributed by atoms with E-state index < -0.39 is 23.5 Å². The van der Waals surface area contributed by atoms with Crippen LogP contribution in [0.25, 0.3) is 10.9 Å². The van der Waals surface area contributed by atoms with Gasteiger partial charge < -0.3 is 19.4 Å².